The lowest BCUT2D eigenvalue weighted by Crippen LogP contribution is -2.37. The molecule has 3 nitrogen and oxygen atoms in total. The standard InChI is InChI=1S/C11H12F3NO2/c1-15(7-11(12,13)14)9(10(16)17)8-5-3-2-4-6-8/h2-6,9H,7H2,1H3,(H,16,17). The van der Waals surface area contributed by atoms with Crippen molar-refractivity contribution in [1.29, 1.82) is 0 Å². The van der Waals surface area contributed by atoms with Gasteiger partial charge in [0.1, 0.15) is 6.04 Å². The highest BCUT2D eigenvalue weighted by Gasteiger charge is 2.35. The molecule has 1 N–H and O–H groups in total. The third-order valence-corrected chi connectivity index (χ3v) is 2.22. The van der Waals surface area contributed by atoms with E-state index in [0.29, 0.717) is 5.56 Å². The van der Waals surface area contributed by atoms with Gasteiger partial charge in [-0.15, -0.1) is 0 Å². The topological polar surface area (TPSA) is 40.5 Å². The van der Waals surface area contributed by atoms with E-state index in [1.807, 2.05) is 0 Å². The van der Waals surface area contributed by atoms with Crippen LogP contribution in [0.4, 0.5) is 13.2 Å². The van der Waals surface area contributed by atoms with Gasteiger partial charge in [-0.05, 0) is 12.6 Å². The Morgan fingerprint density at radius 1 is 1.35 bits per heavy atom. The number of rotatable bonds is 4. The second-order valence-electron chi connectivity index (χ2n) is 3.68. The molecular formula is C11H12F3NO2. The van der Waals surface area contributed by atoms with Crippen LogP contribution in [0, 0.1) is 0 Å². The molecule has 0 saturated carbocycles. The largest absolute Gasteiger partial charge is 0.480 e. The Morgan fingerprint density at radius 2 is 1.88 bits per heavy atom. The maximum Gasteiger partial charge on any atom is 0.401 e. The number of hydrogen-bond donors (Lipinski definition) is 1. The van der Waals surface area contributed by atoms with Crippen LogP contribution in [0.15, 0.2) is 30.3 Å². The molecule has 0 spiro atoms. The van der Waals surface area contributed by atoms with Gasteiger partial charge in [0.05, 0.1) is 6.54 Å². The molecule has 1 aromatic carbocycles. The molecule has 94 valence electrons. The summed E-state index contributed by atoms with van der Waals surface area (Å²) in [4.78, 5) is 11.8. The van der Waals surface area contributed by atoms with Gasteiger partial charge in [-0.3, -0.25) is 9.69 Å². The van der Waals surface area contributed by atoms with Gasteiger partial charge in [-0.2, -0.15) is 13.2 Å². The van der Waals surface area contributed by atoms with Crippen molar-refractivity contribution < 1.29 is 23.1 Å². The van der Waals surface area contributed by atoms with Crippen LogP contribution < -0.4 is 0 Å². The lowest BCUT2D eigenvalue weighted by atomic mass is 10.1. The van der Waals surface area contributed by atoms with E-state index in [2.05, 4.69) is 0 Å². The van der Waals surface area contributed by atoms with Crippen LogP contribution in [0.25, 0.3) is 0 Å². The maximum atomic E-state index is 12.2. The second kappa shape index (κ2) is 5.18. The van der Waals surface area contributed by atoms with Crippen LogP contribution in [0.2, 0.25) is 0 Å². The maximum absolute atomic E-state index is 12.2. The lowest BCUT2D eigenvalue weighted by molar-refractivity contribution is -0.159. The predicted octanol–water partition coefficient (Wildman–Crippen LogP) is 2.31. The average molecular weight is 247 g/mol. The Morgan fingerprint density at radius 3 is 2.29 bits per heavy atom. The van der Waals surface area contributed by atoms with Crippen molar-refractivity contribution in [3.05, 3.63) is 35.9 Å². The first-order chi connectivity index (χ1) is 7.81. The Kier molecular flexibility index (Phi) is 4.11. The first kappa shape index (κ1) is 13.5. The van der Waals surface area contributed by atoms with Crippen LogP contribution >= 0.6 is 0 Å². The third-order valence-electron chi connectivity index (χ3n) is 2.22. The molecule has 1 unspecified atom stereocenters. The molecule has 0 saturated heterocycles. The third kappa shape index (κ3) is 4.07. The van der Waals surface area contributed by atoms with E-state index in [9.17, 15) is 18.0 Å². The number of likely N-dealkylation sites (N-methyl/N-ethyl adjacent to an activating group) is 1. The average Bonchev–Trinajstić information content (AvgIpc) is 2.15. The van der Waals surface area contributed by atoms with Crippen LogP contribution in [0.1, 0.15) is 11.6 Å². The van der Waals surface area contributed by atoms with Crippen molar-refractivity contribution in [3.8, 4) is 0 Å². The van der Waals surface area contributed by atoms with Crippen LogP contribution in [-0.2, 0) is 4.79 Å². The van der Waals surface area contributed by atoms with Gasteiger partial charge in [0.2, 0.25) is 0 Å². The summed E-state index contributed by atoms with van der Waals surface area (Å²) in [7, 11) is 1.14. The van der Waals surface area contributed by atoms with Crippen LogP contribution in [-0.4, -0.2) is 35.7 Å². The number of nitrogens with zero attached hydrogens (tertiary/aromatic N) is 1. The monoisotopic (exact) mass is 247 g/mol. The Bertz CT molecular complexity index is 378. The van der Waals surface area contributed by atoms with Gasteiger partial charge < -0.3 is 5.11 Å². The SMILES string of the molecule is CN(CC(F)(F)F)C(C(=O)O)c1ccccc1. The summed E-state index contributed by atoms with van der Waals surface area (Å²) in [6.07, 6.45) is -4.42. The summed E-state index contributed by atoms with van der Waals surface area (Å²) >= 11 is 0. The van der Waals surface area contributed by atoms with Gasteiger partial charge >= 0.3 is 12.1 Å². The minimum atomic E-state index is -4.42. The molecule has 0 heterocycles. The van der Waals surface area contributed by atoms with Gasteiger partial charge in [-0.25, -0.2) is 0 Å². The Hall–Kier alpha value is -1.56. The minimum Gasteiger partial charge on any atom is -0.480 e. The Balaban J connectivity index is 2.91. The summed E-state index contributed by atoms with van der Waals surface area (Å²) in [6, 6.07) is 6.54. The molecular weight excluding hydrogens is 235 g/mol. The van der Waals surface area contributed by atoms with Gasteiger partial charge in [0.15, 0.2) is 0 Å². The predicted molar refractivity (Wildman–Crippen MR) is 55.5 cm³/mol. The highest BCUT2D eigenvalue weighted by Crippen LogP contribution is 2.24. The molecule has 0 bridgehead atoms. The zero-order chi connectivity index (χ0) is 13.1. The quantitative estimate of drug-likeness (QED) is 0.887. The number of halogens is 3. The normalized spacial score (nSPS) is 13.7. The molecule has 0 aliphatic heterocycles. The minimum absolute atomic E-state index is 0.326. The van der Waals surface area contributed by atoms with E-state index < -0.39 is 24.7 Å². The summed E-state index contributed by atoms with van der Waals surface area (Å²) < 4.78 is 36.6. The molecule has 1 aromatic rings. The molecule has 17 heavy (non-hydrogen) atoms. The highest BCUT2D eigenvalue weighted by molar-refractivity contribution is 5.75. The Labute approximate surface area is 96.5 Å². The molecule has 0 fully saturated rings. The van der Waals surface area contributed by atoms with Crippen molar-refractivity contribution in [2.24, 2.45) is 0 Å². The summed E-state index contributed by atoms with van der Waals surface area (Å²) in [6.45, 7) is -1.27. The number of carboxylic acids is 1. The lowest BCUT2D eigenvalue weighted by Gasteiger charge is -2.25. The number of hydrogen-bond acceptors (Lipinski definition) is 2. The van der Waals surface area contributed by atoms with E-state index in [4.69, 9.17) is 5.11 Å². The van der Waals surface area contributed by atoms with Crippen LogP contribution in [0.5, 0.6) is 0 Å². The van der Waals surface area contributed by atoms with Crippen molar-refractivity contribution in [1.82, 2.24) is 4.90 Å². The molecule has 0 aliphatic rings. The van der Waals surface area contributed by atoms with Crippen molar-refractivity contribution in [2.75, 3.05) is 13.6 Å². The zero-order valence-corrected chi connectivity index (χ0v) is 9.11. The zero-order valence-electron chi connectivity index (χ0n) is 9.11. The molecule has 0 aliphatic carbocycles. The van der Waals surface area contributed by atoms with E-state index in [1.165, 1.54) is 12.1 Å². The van der Waals surface area contributed by atoms with E-state index >= 15 is 0 Å². The van der Waals surface area contributed by atoms with Gasteiger partial charge in [0, 0.05) is 0 Å². The van der Waals surface area contributed by atoms with E-state index in [-0.39, 0.29) is 0 Å². The highest BCUT2D eigenvalue weighted by atomic mass is 19.4. The first-order valence-electron chi connectivity index (χ1n) is 4.86. The fourth-order valence-electron chi connectivity index (χ4n) is 1.60. The van der Waals surface area contributed by atoms with E-state index in [0.717, 1.165) is 11.9 Å². The first-order valence-corrected chi connectivity index (χ1v) is 4.86. The molecule has 0 amide bonds. The van der Waals surface area contributed by atoms with E-state index in [1.54, 1.807) is 18.2 Å². The number of carbonyl (C=O) groups is 1. The number of carboxylic acid groups (broad SMARTS) is 1. The molecule has 0 radical (unpaired) electrons. The fraction of sp³-hybridized carbons (Fsp3) is 0.364. The molecule has 6 heteroatoms. The van der Waals surface area contributed by atoms with Gasteiger partial charge in [-0.1, -0.05) is 30.3 Å². The second-order valence-corrected chi connectivity index (χ2v) is 3.68. The van der Waals surface area contributed by atoms with Gasteiger partial charge in [0.25, 0.3) is 0 Å². The molecule has 1 atom stereocenters. The van der Waals surface area contributed by atoms with Crippen LogP contribution in [0.3, 0.4) is 0 Å². The van der Waals surface area contributed by atoms with Crippen molar-refractivity contribution >= 4 is 5.97 Å². The smallest absolute Gasteiger partial charge is 0.401 e. The number of alkyl halides is 3. The summed E-state index contributed by atoms with van der Waals surface area (Å²) in [5, 5.41) is 8.98. The van der Waals surface area contributed by atoms with Crippen molar-refractivity contribution in [3.63, 3.8) is 0 Å². The molecule has 0 aromatic heterocycles. The fourth-order valence-corrected chi connectivity index (χ4v) is 1.60. The summed E-state index contributed by atoms with van der Waals surface area (Å²) in [5.74, 6) is -1.30. The number of aliphatic carboxylic acids is 1. The van der Waals surface area contributed by atoms with Crippen molar-refractivity contribution in [2.45, 2.75) is 12.2 Å². The molecule has 1 rings (SSSR count). The summed E-state index contributed by atoms with van der Waals surface area (Å²) in [5.41, 5.74) is 0.326. The number of benzene rings is 1.